The van der Waals surface area contributed by atoms with E-state index in [1.165, 1.54) is 22.7 Å². The van der Waals surface area contributed by atoms with Crippen molar-refractivity contribution in [3.05, 3.63) is 75.5 Å². The molecule has 0 aliphatic carbocycles. The number of thiophene rings is 2. The molecule has 2 amide bonds. The number of hydrogen-bond donors (Lipinski definition) is 2. The van der Waals surface area contributed by atoms with E-state index in [4.69, 9.17) is 9.26 Å². The molecule has 0 unspecified atom stereocenters. The SMILES string of the molecule is Cc1cc(NC(=O)COC(=O)c2c(-c3ccccc3)csc2NC(=O)c2cccs2)no1. The van der Waals surface area contributed by atoms with Crippen molar-refractivity contribution in [2.45, 2.75) is 6.92 Å². The van der Waals surface area contributed by atoms with Gasteiger partial charge in [-0.2, -0.15) is 0 Å². The Balaban J connectivity index is 1.54. The first-order valence-electron chi connectivity index (χ1n) is 9.43. The summed E-state index contributed by atoms with van der Waals surface area (Å²) in [6.45, 7) is 1.17. The minimum absolute atomic E-state index is 0.191. The average molecular weight is 468 g/mol. The number of nitrogens with zero attached hydrogens (tertiary/aromatic N) is 1. The maximum absolute atomic E-state index is 13.0. The van der Waals surface area contributed by atoms with E-state index in [0.717, 1.165) is 5.56 Å². The second kappa shape index (κ2) is 9.58. The molecule has 3 heterocycles. The number of hydrogen-bond acceptors (Lipinski definition) is 8. The van der Waals surface area contributed by atoms with Gasteiger partial charge >= 0.3 is 5.97 Å². The maximum Gasteiger partial charge on any atom is 0.342 e. The Morgan fingerprint density at radius 1 is 1.06 bits per heavy atom. The van der Waals surface area contributed by atoms with Crippen LogP contribution in [0.25, 0.3) is 11.1 Å². The molecule has 32 heavy (non-hydrogen) atoms. The minimum atomic E-state index is -0.724. The van der Waals surface area contributed by atoms with Gasteiger partial charge in [-0.25, -0.2) is 4.79 Å². The van der Waals surface area contributed by atoms with Gasteiger partial charge in [0.2, 0.25) is 0 Å². The van der Waals surface area contributed by atoms with Crippen LogP contribution in [-0.4, -0.2) is 29.5 Å². The molecular formula is C22H17N3O5S2. The summed E-state index contributed by atoms with van der Waals surface area (Å²) < 4.78 is 10.1. The van der Waals surface area contributed by atoms with Gasteiger partial charge in [-0.3, -0.25) is 9.59 Å². The molecule has 2 N–H and O–H groups in total. The molecule has 10 heteroatoms. The third-order valence-corrected chi connectivity index (χ3v) is 6.05. The largest absolute Gasteiger partial charge is 0.452 e. The predicted molar refractivity (Wildman–Crippen MR) is 122 cm³/mol. The molecule has 0 aliphatic heterocycles. The second-order valence-corrected chi connectivity index (χ2v) is 8.43. The van der Waals surface area contributed by atoms with Crippen LogP contribution < -0.4 is 10.6 Å². The van der Waals surface area contributed by atoms with Crippen molar-refractivity contribution in [2.24, 2.45) is 0 Å². The minimum Gasteiger partial charge on any atom is -0.452 e. The highest BCUT2D eigenvalue weighted by Crippen LogP contribution is 2.36. The number of nitrogens with one attached hydrogen (secondary N) is 2. The number of esters is 1. The Bertz CT molecular complexity index is 1250. The number of anilines is 2. The van der Waals surface area contributed by atoms with Gasteiger partial charge < -0.3 is 19.9 Å². The number of aromatic nitrogens is 1. The van der Waals surface area contributed by atoms with Crippen molar-refractivity contribution in [3.8, 4) is 11.1 Å². The lowest BCUT2D eigenvalue weighted by Gasteiger charge is -2.09. The highest BCUT2D eigenvalue weighted by molar-refractivity contribution is 7.15. The topological polar surface area (TPSA) is 111 Å². The zero-order valence-corrected chi connectivity index (χ0v) is 18.4. The highest BCUT2D eigenvalue weighted by Gasteiger charge is 2.24. The van der Waals surface area contributed by atoms with Crippen LogP contribution in [0.2, 0.25) is 0 Å². The molecule has 0 spiro atoms. The van der Waals surface area contributed by atoms with Crippen LogP contribution in [0.15, 0.2) is 63.8 Å². The van der Waals surface area contributed by atoms with Gasteiger partial charge in [-0.15, -0.1) is 22.7 Å². The summed E-state index contributed by atoms with van der Waals surface area (Å²) in [6.07, 6.45) is 0. The number of aryl methyl sites for hydroxylation is 1. The lowest BCUT2D eigenvalue weighted by atomic mass is 10.0. The number of ether oxygens (including phenoxy) is 1. The molecule has 162 valence electrons. The van der Waals surface area contributed by atoms with Crippen molar-refractivity contribution in [1.82, 2.24) is 5.16 Å². The fraction of sp³-hybridized carbons (Fsp3) is 0.0909. The molecule has 4 aromatic rings. The van der Waals surface area contributed by atoms with Crippen molar-refractivity contribution in [3.63, 3.8) is 0 Å². The van der Waals surface area contributed by atoms with Crippen LogP contribution in [0.5, 0.6) is 0 Å². The first kappa shape index (κ1) is 21.5. The number of carbonyl (C=O) groups is 3. The van der Waals surface area contributed by atoms with E-state index in [0.29, 0.717) is 21.2 Å². The van der Waals surface area contributed by atoms with Crippen molar-refractivity contribution < 1.29 is 23.6 Å². The summed E-state index contributed by atoms with van der Waals surface area (Å²) in [6, 6.07) is 14.3. The molecule has 0 bridgehead atoms. The van der Waals surface area contributed by atoms with E-state index in [1.807, 2.05) is 30.3 Å². The van der Waals surface area contributed by atoms with E-state index < -0.39 is 18.5 Å². The molecule has 8 nitrogen and oxygen atoms in total. The number of rotatable bonds is 7. The van der Waals surface area contributed by atoms with E-state index in [9.17, 15) is 14.4 Å². The summed E-state index contributed by atoms with van der Waals surface area (Å²) >= 11 is 2.51. The van der Waals surface area contributed by atoms with Crippen molar-refractivity contribution in [1.29, 1.82) is 0 Å². The molecule has 0 saturated heterocycles. The van der Waals surface area contributed by atoms with Gasteiger partial charge in [-0.1, -0.05) is 41.6 Å². The molecule has 0 aliphatic rings. The van der Waals surface area contributed by atoms with Crippen LogP contribution in [0.4, 0.5) is 10.8 Å². The molecule has 0 atom stereocenters. The fourth-order valence-electron chi connectivity index (χ4n) is 2.86. The van der Waals surface area contributed by atoms with E-state index >= 15 is 0 Å². The number of benzene rings is 1. The van der Waals surface area contributed by atoms with Gasteiger partial charge in [0.15, 0.2) is 12.4 Å². The Hall–Kier alpha value is -3.76. The van der Waals surface area contributed by atoms with Gasteiger partial charge in [0.1, 0.15) is 16.3 Å². The van der Waals surface area contributed by atoms with Gasteiger partial charge in [0.05, 0.1) is 4.88 Å². The summed E-state index contributed by atoms with van der Waals surface area (Å²) in [7, 11) is 0. The number of amides is 2. The molecule has 0 saturated carbocycles. The van der Waals surface area contributed by atoms with Gasteiger partial charge in [0.25, 0.3) is 11.8 Å². The van der Waals surface area contributed by atoms with Crippen LogP contribution in [0.1, 0.15) is 25.8 Å². The monoisotopic (exact) mass is 467 g/mol. The quantitative estimate of drug-likeness (QED) is 0.377. The summed E-state index contributed by atoms with van der Waals surface area (Å²) in [5.41, 5.74) is 1.58. The van der Waals surface area contributed by atoms with Crippen LogP contribution >= 0.6 is 22.7 Å². The smallest absolute Gasteiger partial charge is 0.342 e. The standard InChI is InChI=1S/C22H17N3O5S2/c1-13-10-17(25-30-13)23-18(26)11-29-22(28)19-15(14-6-3-2-4-7-14)12-32-21(19)24-20(27)16-8-5-9-31-16/h2-10,12H,11H2,1H3,(H,24,27)(H,23,25,26). The van der Waals surface area contributed by atoms with E-state index in [-0.39, 0.29) is 17.3 Å². The Morgan fingerprint density at radius 2 is 1.88 bits per heavy atom. The second-order valence-electron chi connectivity index (χ2n) is 6.60. The molecule has 0 fully saturated rings. The molecule has 3 aromatic heterocycles. The van der Waals surface area contributed by atoms with E-state index in [1.54, 1.807) is 35.9 Å². The Labute approximate surface area is 190 Å². The zero-order chi connectivity index (χ0) is 22.5. The van der Waals surface area contributed by atoms with Crippen LogP contribution in [-0.2, 0) is 9.53 Å². The predicted octanol–water partition coefficient (Wildman–Crippen LogP) is 4.82. The zero-order valence-electron chi connectivity index (χ0n) is 16.8. The summed E-state index contributed by atoms with van der Waals surface area (Å²) in [5, 5.41) is 12.8. The first-order chi connectivity index (χ1) is 15.5. The maximum atomic E-state index is 13.0. The van der Waals surface area contributed by atoms with E-state index in [2.05, 4.69) is 15.8 Å². The third-order valence-electron chi connectivity index (χ3n) is 4.28. The average Bonchev–Trinajstić information content (AvgIpc) is 3.54. The summed E-state index contributed by atoms with van der Waals surface area (Å²) in [4.78, 5) is 38.2. The lowest BCUT2D eigenvalue weighted by Crippen LogP contribution is -2.22. The molecule has 0 radical (unpaired) electrons. The molecule has 4 rings (SSSR count). The third kappa shape index (κ3) is 4.93. The van der Waals surface area contributed by atoms with Crippen molar-refractivity contribution in [2.75, 3.05) is 17.2 Å². The fourth-order valence-corrected chi connectivity index (χ4v) is 4.43. The van der Waals surface area contributed by atoms with Crippen LogP contribution in [0.3, 0.4) is 0 Å². The van der Waals surface area contributed by atoms with Gasteiger partial charge in [0, 0.05) is 17.0 Å². The molecule has 1 aromatic carbocycles. The highest BCUT2D eigenvalue weighted by atomic mass is 32.1. The van der Waals surface area contributed by atoms with Crippen molar-refractivity contribution >= 4 is 51.3 Å². The Morgan fingerprint density at radius 3 is 2.56 bits per heavy atom. The normalized spacial score (nSPS) is 10.5. The first-order valence-corrected chi connectivity index (χ1v) is 11.2. The molecular weight excluding hydrogens is 450 g/mol. The number of carbonyl (C=O) groups excluding carboxylic acids is 3. The Kier molecular flexibility index (Phi) is 6.43. The van der Waals surface area contributed by atoms with Crippen LogP contribution in [0, 0.1) is 6.92 Å². The lowest BCUT2D eigenvalue weighted by molar-refractivity contribution is -0.119. The van der Waals surface area contributed by atoms with Gasteiger partial charge in [-0.05, 0) is 23.9 Å². The summed E-state index contributed by atoms with van der Waals surface area (Å²) in [5.74, 6) is -0.845.